The molecule has 1 atom stereocenters. The Hall–Kier alpha value is -0.343. The van der Waals surface area contributed by atoms with Gasteiger partial charge in [0.1, 0.15) is 0 Å². The Morgan fingerprint density at radius 2 is 2.00 bits per heavy atom. The van der Waals surface area contributed by atoms with E-state index >= 15 is 0 Å². The van der Waals surface area contributed by atoms with Crippen LogP contribution in [0.25, 0.3) is 0 Å². The molecule has 1 nitrogen and oxygen atoms in total. The molecule has 0 bridgehead atoms. The molecule has 1 radical (unpaired) electrons. The van der Waals surface area contributed by atoms with Crippen molar-refractivity contribution in [3.05, 3.63) is 25.3 Å². The second kappa shape index (κ2) is 5.52. The Kier molecular flexibility index (Phi) is 5.38. The monoisotopic (exact) mass is 211 g/mol. The second-order valence-electron chi connectivity index (χ2n) is 4.93. The number of allylic oxidation sites excluding steroid dienone is 1. The van der Waals surface area contributed by atoms with Gasteiger partial charge in [-0.3, -0.25) is 0 Å². The van der Waals surface area contributed by atoms with E-state index in [-0.39, 0.29) is 5.60 Å². The third-order valence-corrected chi connectivity index (χ3v) is 3.08. The average molecular weight is 211 g/mol. The van der Waals surface area contributed by atoms with Crippen LogP contribution in [0.1, 0.15) is 26.2 Å². The van der Waals surface area contributed by atoms with Crippen LogP contribution in [0.2, 0.25) is 19.6 Å². The molecule has 0 aliphatic carbocycles. The van der Waals surface area contributed by atoms with Crippen LogP contribution in [0.5, 0.6) is 0 Å². The highest BCUT2D eigenvalue weighted by Crippen LogP contribution is 2.26. The molecular weight excluding hydrogens is 188 g/mol. The molecule has 14 heavy (non-hydrogen) atoms. The molecule has 1 unspecified atom stereocenters. The molecule has 0 amide bonds. The van der Waals surface area contributed by atoms with Gasteiger partial charge in [-0.25, -0.2) is 0 Å². The van der Waals surface area contributed by atoms with Crippen molar-refractivity contribution in [2.24, 2.45) is 0 Å². The first-order valence-electron chi connectivity index (χ1n) is 5.17. The van der Waals surface area contributed by atoms with Crippen molar-refractivity contribution < 1.29 is 4.43 Å². The molecule has 81 valence electrons. The number of rotatable bonds is 7. The maximum Gasteiger partial charge on any atom is 0.184 e. The summed E-state index contributed by atoms with van der Waals surface area (Å²) in [5.74, 6) is 0. The summed E-state index contributed by atoms with van der Waals surface area (Å²) >= 11 is 0. The highest BCUT2D eigenvalue weighted by Gasteiger charge is 2.29. The van der Waals surface area contributed by atoms with Gasteiger partial charge in [0.2, 0.25) is 0 Å². The van der Waals surface area contributed by atoms with E-state index in [2.05, 4.69) is 33.1 Å². The van der Waals surface area contributed by atoms with E-state index in [9.17, 15) is 0 Å². The summed E-state index contributed by atoms with van der Waals surface area (Å²) in [6.07, 6.45) is 6.42. The molecule has 0 N–H and O–H groups in total. The lowest BCUT2D eigenvalue weighted by atomic mass is 9.96. The Morgan fingerprint density at radius 3 is 2.36 bits per heavy atom. The summed E-state index contributed by atoms with van der Waals surface area (Å²) in [4.78, 5) is 0. The lowest BCUT2D eigenvalue weighted by Gasteiger charge is -2.35. The second-order valence-corrected chi connectivity index (χ2v) is 9.36. The minimum atomic E-state index is -1.49. The fraction of sp³-hybridized carbons (Fsp3) is 0.667. The predicted octanol–water partition coefficient (Wildman–Crippen LogP) is 3.94. The van der Waals surface area contributed by atoms with Crippen LogP contribution < -0.4 is 0 Å². The first kappa shape index (κ1) is 13.7. The topological polar surface area (TPSA) is 9.23 Å². The molecule has 0 aliphatic rings. The Bertz CT molecular complexity index is 193. The van der Waals surface area contributed by atoms with Gasteiger partial charge < -0.3 is 4.43 Å². The molecular formula is C12H23OSi. The van der Waals surface area contributed by atoms with Crippen molar-refractivity contribution in [1.29, 1.82) is 0 Å². The van der Waals surface area contributed by atoms with E-state index in [1.165, 1.54) is 0 Å². The van der Waals surface area contributed by atoms with Crippen LogP contribution in [0.15, 0.2) is 18.7 Å². The van der Waals surface area contributed by atoms with Gasteiger partial charge in [-0.05, 0) is 45.8 Å². The minimum Gasteiger partial charge on any atom is -0.412 e. The smallest absolute Gasteiger partial charge is 0.184 e. The van der Waals surface area contributed by atoms with E-state index in [0.29, 0.717) is 0 Å². The maximum atomic E-state index is 6.15. The van der Waals surface area contributed by atoms with Crippen LogP contribution in [0, 0.1) is 6.58 Å². The molecule has 0 heterocycles. The summed E-state index contributed by atoms with van der Waals surface area (Å²) in [6.45, 7) is 18.0. The van der Waals surface area contributed by atoms with Crippen molar-refractivity contribution >= 4 is 8.32 Å². The van der Waals surface area contributed by atoms with E-state index < -0.39 is 8.32 Å². The molecule has 0 saturated carbocycles. The average Bonchev–Trinajstić information content (AvgIpc) is 1.98. The quantitative estimate of drug-likeness (QED) is 0.458. The van der Waals surface area contributed by atoms with Crippen LogP contribution >= 0.6 is 0 Å². The van der Waals surface area contributed by atoms with Gasteiger partial charge >= 0.3 is 0 Å². The molecule has 2 heteroatoms. The molecule has 0 aliphatic heterocycles. The van der Waals surface area contributed by atoms with Crippen LogP contribution in [-0.4, -0.2) is 13.9 Å². The highest BCUT2D eigenvalue weighted by atomic mass is 28.4. The van der Waals surface area contributed by atoms with E-state index in [1.54, 1.807) is 6.08 Å². The summed E-state index contributed by atoms with van der Waals surface area (Å²) in [7, 11) is -1.49. The molecule has 0 rings (SSSR count). The van der Waals surface area contributed by atoms with Crippen molar-refractivity contribution in [1.82, 2.24) is 0 Å². The Morgan fingerprint density at radius 1 is 1.43 bits per heavy atom. The lowest BCUT2D eigenvalue weighted by molar-refractivity contribution is 0.0752. The molecule has 0 spiro atoms. The SMILES string of the molecule is [CH]=CCC(C)(CCC=C)O[Si](C)(C)C. The summed E-state index contributed by atoms with van der Waals surface area (Å²) in [6, 6.07) is 0. The standard InChI is InChI=1S/C12H23OSi/c1-7-9-11-12(3,10-8-2)13-14(4,5)6/h2,7-8H,1,9-11H2,3-6H3. The lowest BCUT2D eigenvalue weighted by Crippen LogP contribution is -2.40. The zero-order chi connectivity index (χ0) is 11.2. The molecule has 0 aromatic rings. The van der Waals surface area contributed by atoms with Gasteiger partial charge in [0, 0.05) is 0 Å². The first-order chi connectivity index (χ1) is 6.33. The largest absolute Gasteiger partial charge is 0.412 e. The number of hydrogen-bond acceptors (Lipinski definition) is 1. The first-order valence-corrected chi connectivity index (χ1v) is 8.58. The van der Waals surface area contributed by atoms with Crippen molar-refractivity contribution in [3.63, 3.8) is 0 Å². The van der Waals surface area contributed by atoms with Crippen molar-refractivity contribution in [2.45, 2.75) is 51.4 Å². The van der Waals surface area contributed by atoms with Gasteiger partial charge in [0.25, 0.3) is 0 Å². The predicted molar refractivity (Wildman–Crippen MR) is 65.8 cm³/mol. The van der Waals surface area contributed by atoms with Crippen LogP contribution in [-0.2, 0) is 4.43 Å². The Labute approximate surface area is 90.0 Å². The zero-order valence-electron chi connectivity index (χ0n) is 9.97. The molecule has 0 saturated heterocycles. The van der Waals surface area contributed by atoms with Gasteiger partial charge in [-0.1, -0.05) is 18.7 Å². The third kappa shape index (κ3) is 6.16. The summed E-state index contributed by atoms with van der Waals surface area (Å²) in [5, 5.41) is 0. The molecule has 0 aromatic heterocycles. The summed E-state index contributed by atoms with van der Waals surface area (Å²) < 4.78 is 6.15. The van der Waals surface area contributed by atoms with Gasteiger partial charge in [-0.15, -0.1) is 6.58 Å². The number of hydrogen-bond donors (Lipinski definition) is 0. The van der Waals surface area contributed by atoms with Crippen LogP contribution in [0.4, 0.5) is 0 Å². The van der Waals surface area contributed by atoms with Gasteiger partial charge in [0.05, 0.1) is 5.60 Å². The molecule has 0 fully saturated rings. The maximum absolute atomic E-state index is 6.15. The van der Waals surface area contributed by atoms with E-state index in [4.69, 9.17) is 11.0 Å². The van der Waals surface area contributed by atoms with Crippen molar-refractivity contribution in [3.8, 4) is 0 Å². The molecule has 0 aromatic carbocycles. The zero-order valence-corrected chi connectivity index (χ0v) is 11.0. The van der Waals surface area contributed by atoms with E-state index in [1.807, 2.05) is 6.08 Å². The van der Waals surface area contributed by atoms with Crippen LogP contribution in [0.3, 0.4) is 0 Å². The fourth-order valence-corrected chi connectivity index (χ4v) is 3.25. The minimum absolute atomic E-state index is 0.104. The highest BCUT2D eigenvalue weighted by molar-refractivity contribution is 6.69. The Balaban J connectivity index is 4.37. The van der Waals surface area contributed by atoms with Gasteiger partial charge in [0.15, 0.2) is 8.32 Å². The summed E-state index contributed by atoms with van der Waals surface area (Å²) in [5.41, 5.74) is -0.104. The van der Waals surface area contributed by atoms with Crippen molar-refractivity contribution in [2.75, 3.05) is 0 Å². The third-order valence-electron chi connectivity index (χ3n) is 1.98. The normalized spacial score (nSPS) is 16.0. The van der Waals surface area contributed by atoms with E-state index in [0.717, 1.165) is 19.3 Å². The van der Waals surface area contributed by atoms with Gasteiger partial charge in [-0.2, -0.15) is 0 Å². The fourth-order valence-electron chi connectivity index (χ4n) is 1.59.